The van der Waals surface area contributed by atoms with Gasteiger partial charge in [0.25, 0.3) is 17.4 Å². The quantitative estimate of drug-likeness (QED) is 0.479. The number of aromatic nitrogens is 2. The molecule has 0 spiro atoms. The summed E-state index contributed by atoms with van der Waals surface area (Å²) in [5.74, 6) is -1.17. The fraction of sp³-hybridized carbons (Fsp3) is 0.238. The van der Waals surface area contributed by atoms with Gasteiger partial charge in [-0.2, -0.15) is 5.10 Å². The zero-order valence-electron chi connectivity index (χ0n) is 15.9. The number of nitrogens with one attached hydrogen (secondary N) is 2. The Labute approximate surface area is 172 Å². The van der Waals surface area contributed by atoms with Crippen molar-refractivity contribution in [2.45, 2.75) is 32.7 Å². The van der Waals surface area contributed by atoms with Crippen molar-refractivity contribution in [3.8, 4) is 0 Å². The molecule has 0 aliphatic heterocycles. The average molecular weight is 413 g/mol. The molecule has 150 valence electrons. The van der Waals surface area contributed by atoms with E-state index in [4.69, 9.17) is 11.6 Å². The van der Waals surface area contributed by atoms with Gasteiger partial charge >= 0.3 is 0 Å². The van der Waals surface area contributed by atoms with Gasteiger partial charge in [0, 0.05) is 11.9 Å². The summed E-state index contributed by atoms with van der Waals surface area (Å²) in [4.78, 5) is 37.7. The summed E-state index contributed by atoms with van der Waals surface area (Å²) in [6.07, 6.45) is 2.74. The van der Waals surface area contributed by atoms with Gasteiger partial charge in [0.05, 0.1) is 16.0 Å². The Balaban J connectivity index is 1.86. The van der Waals surface area contributed by atoms with Crippen LogP contribution in [0.2, 0.25) is 5.02 Å². The lowest BCUT2D eigenvalue weighted by Crippen LogP contribution is -2.43. The van der Waals surface area contributed by atoms with Crippen LogP contribution >= 0.6 is 11.6 Å². The Morgan fingerprint density at radius 1 is 0.966 bits per heavy atom. The van der Waals surface area contributed by atoms with Crippen molar-refractivity contribution in [3.63, 3.8) is 0 Å². The summed E-state index contributed by atoms with van der Waals surface area (Å²) < 4.78 is 1.31. The van der Waals surface area contributed by atoms with Crippen LogP contribution in [-0.4, -0.2) is 21.6 Å². The van der Waals surface area contributed by atoms with Crippen LogP contribution in [0.4, 0.5) is 0 Å². The molecule has 0 saturated heterocycles. The Hall–Kier alpha value is -3.19. The van der Waals surface area contributed by atoms with Gasteiger partial charge in [-0.1, -0.05) is 61.7 Å². The fourth-order valence-corrected chi connectivity index (χ4v) is 3.17. The van der Waals surface area contributed by atoms with E-state index >= 15 is 0 Å². The van der Waals surface area contributed by atoms with Crippen LogP contribution in [-0.2, 0) is 6.54 Å². The predicted molar refractivity (Wildman–Crippen MR) is 112 cm³/mol. The number of rotatable bonds is 6. The maximum Gasteiger partial charge on any atom is 0.290 e. The number of fused-ring (bicyclic) bond motifs is 1. The first-order valence-corrected chi connectivity index (χ1v) is 9.75. The molecule has 29 heavy (non-hydrogen) atoms. The molecule has 0 radical (unpaired) electrons. The number of hydrogen-bond donors (Lipinski definition) is 2. The van der Waals surface area contributed by atoms with E-state index in [1.54, 1.807) is 48.5 Å². The van der Waals surface area contributed by atoms with Crippen molar-refractivity contribution in [2.75, 3.05) is 0 Å². The Kier molecular flexibility index (Phi) is 6.61. The minimum absolute atomic E-state index is 0.0659. The highest BCUT2D eigenvalue weighted by atomic mass is 35.5. The molecular formula is C21H21ClN4O3. The largest absolute Gasteiger partial charge is 0.290 e. The number of aryl methyl sites for hydroxylation is 1. The molecule has 3 rings (SSSR count). The van der Waals surface area contributed by atoms with Crippen LogP contribution in [0.1, 0.15) is 47.0 Å². The molecule has 1 aromatic heterocycles. The van der Waals surface area contributed by atoms with Gasteiger partial charge < -0.3 is 0 Å². The van der Waals surface area contributed by atoms with E-state index in [9.17, 15) is 14.4 Å². The topological polar surface area (TPSA) is 93.1 Å². The monoisotopic (exact) mass is 412 g/mol. The predicted octanol–water partition coefficient (Wildman–Crippen LogP) is 3.31. The number of unbranched alkanes of at least 4 members (excludes halogenated alkanes) is 2. The second-order valence-corrected chi connectivity index (χ2v) is 6.92. The molecule has 0 fully saturated rings. The summed E-state index contributed by atoms with van der Waals surface area (Å²) in [6.45, 7) is 2.49. The lowest BCUT2D eigenvalue weighted by Gasteiger charge is -2.12. The van der Waals surface area contributed by atoms with E-state index in [0.29, 0.717) is 17.3 Å². The minimum atomic E-state index is -0.620. The van der Waals surface area contributed by atoms with E-state index in [1.165, 1.54) is 4.68 Å². The van der Waals surface area contributed by atoms with Crippen molar-refractivity contribution in [1.29, 1.82) is 0 Å². The highest BCUT2D eigenvalue weighted by Gasteiger charge is 2.18. The average Bonchev–Trinajstić information content (AvgIpc) is 2.74. The van der Waals surface area contributed by atoms with Crippen molar-refractivity contribution >= 4 is 34.2 Å². The second kappa shape index (κ2) is 9.34. The molecule has 2 N–H and O–H groups in total. The third-order valence-electron chi connectivity index (χ3n) is 4.46. The highest BCUT2D eigenvalue weighted by molar-refractivity contribution is 6.33. The first-order chi connectivity index (χ1) is 14.0. The molecule has 0 saturated carbocycles. The molecule has 1 heterocycles. The summed E-state index contributed by atoms with van der Waals surface area (Å²) in [7, 11) is 0. The number of nitrogens with zero attached hydrogens (tertiary/aromatic N) is 2. The molecule has 3 aromatic rings. The number of amides is 2. The van der Waals surface area contributed by atoms with E-state index in [1.807, 2.05) is 0 Å². The zero-order chi connectivity index (χ0) is 20.8. The Morgan fingerprint density at radius 2 is 1.62 bits per heavy atom. The molecule has 2 amide bonds. The smallest absolute Gasteiger partial charge is 0.267 e. The normalized spacial score (nSPS) is 10.7. The van der Waals surface area contributed by atoms with Crippen LogP contribution < -0.4 is 16.4 Å². The van der Waals surface area contributed by atoms with Crippen molar-refractivity contribution < 1.29 is 9.59 Å². The molecule has 0 bridgehead atoms. The van der Waals surface area contributed by atoms with Crippen LogP contribution in [0.3, 0.4) is 0 Å². The lowest BCUT2D eigenvalue weighted by atomic mass is 10.1. The first-order valence-electron chi connectivity index (χ1n) is 9.38. The van der Waals surface area contributed by atoms with Gasteiger partial charge in [-0.05, 0) is 24.6 Å². The summed E-state index contributed by atoms with van der Waals surface area (Å²) in [5, 5.41) is 5.35. The van der Waals surface area contributed by atoms with Gasteiger partial charge in [0.2, 0.25) is 0 Å². The van der Waals surface area contributed by atoms with Crippen LogP contribution in [0.25, 0.3) is 10.8 Å². The minimum Gasteiger partial charge on any atom is -0.267 e. The Morgan fingerprint density at radius 3 is 2.34 bits per heavy atom. The van der Waals surface area contributed by atoms with E-state index in [2.05, 4.69) is 22.9 Å². The van der Waals surface area contributed by atoms with Crippen molar-refractivity contribution in [2.24, 2.45) is 0 Å². The molecule has 0 aliphatic rings. The van der Waals surface area contributed by atoms with Crippen LogP contribution in [0.15, 0.2) is 53.3 Å². The highest BCUT2D eigenvalue weighted by Crippen LogP contribution is 2.15. The summed E-state index contributed by atoms with van der Waals surface area (Å²) >= 11 is 6.00. The summed E-state index contributed by atoms with van der Waals surface area (Å²) in [6, 6.07) is 13.3. The molecule has 8 heteroatoms. The van der Waals surface area contributed by atoms with Crippen molar-refractivity contribution in [1.82, 2.24) is 20.6 Å². The standard InChI is InChI=1S/C21H21ClN4O3/c1-2-3-8-13-26-21(29)15-10-5-4-9-14(15)18(25-26)20(28)24-23-19(27)16-11-6-7-12-17(16)22/h4-7,9-12H,2-3,8,13H2,1H3,(H,23,27)(H,24,28). The van der Waals surface area contributed by atoms with Gasteiger partial charge in [-0.3, -0.25) is 25.2 Å². The number of carbonyl (C=O) groups excluding carboxylic acids is 2. The number of hydrogen-bond acceptors (Lipinski definition) is 4. The lowest BCUT2D eigenvalue weighted by molar-refractivity contribution is 0.0843. The molecule has 7 nitrogen and oxygen atoms in total. The summed E-state index contributed by atoms with van der Waals surface area (Å²) in [5.41, 5.74) is 4.75. The molecule has 0 aliphatic carbocycles. The first kappa shape index (κ1) is 20.5. The number of benzene rings is 2. The zero-order valence-corrected chi connectivity index (χ0v) is 16.7. The van der Waals surface area contributed by atoms with Gasteiger partial charge in [-0.15, -0.1) is 0 Å². The van der Waals surface area contributed by atoms with E-state index in [0.717, 1.165) is 19.3 Å². The SMILES string of the molecule is CCCCCn1nc(C(=O)NNC(=O)c2ccccc2Cl)c2ccccc2c1=O. The number of hydrazine groups is 1. The Bertz CT molecular complexity index is 1110. The van der Waals surface area contributed by atoms with Gasteiger partial charge in [0.1, 0.15) is 0 Å². The second-order valence-electron chi connectivity index (χ2n) is 6.52. The molecule has 0 unspecified atom stereocenters. The van der Waals surface area contributed by atoms with Crippen LogP contribution in [0.5, 0.6) is 0 Å². The molecule has 2 aromatic carbocycles. The maximum atomic E-state index is 12.7. The van der Waals surface area contributed by atoms with Gasteiger partial charge in [0.15, 0.2) is 5.69 Å². The third-order valence-corrected chi connectivity index (χ3v) is 4.79. The van der Waals surface area contributed by atoms with Crippen LogP contribution in [0, 0.1) is 0 Å². The molecule has 0 atom stereocenters. The number of carbonyl (C=O) groups is 2. The number of halogens is 1. The maximum absolute atomic E-state index is 12.7. The molecular weight excluding hydrogens is 392 g/mol. The third kappa shape index (κ3) is 4.63. The van der Waals surface area contributed by atoms with E-state index < -0.39 is 11.8 Å². The van der Waals surface area contributed by atoms with E-state index in [-0.39, 0.29) is 21.8 Å². The fourth-order valence-electron chi connectivity index (χ4n) is 2.95. The van der Waals surface area contributed by atoms with Crippen molar-refractivity contribution in [3.05, 3.63) is 75.2 Å². The van der Waals surface area contributed by atoms with Gasteiger partial charge in [-0.25, -0.2) is 4.68 Å².